The van der Waals surface area contributed by atoms with E-state index in [0.717, 1.165) is 10.0 Å². The standard InChI is InChI=1S/C11H8BrNO2S2/c1-15-8-3-2-7(12)4-6(8)5-9-10(14)13-11(16)17-9/h2-5H,1H3,(H,13,14,16)/b9-5+. The predicted octanol–water partition coefficient (Wildman–Crippen LogP) is 2.95. The number of halogens is 1. The lowest BCUT2D eigenvalue weighted by Gasteiger charge is -2.05. The Morgan fingerprint density at radius 2 is 2.29 bits per heavy atom. The molecule has 0 unspecified atom stereocenters. The first-order valence-corrected chi connectivity index (χ1v) is 6.70. The molecule has 1 heterocycles. The lowest BCUT2D eigenvalue weighted by atomic mass is 10.2. The molecule has 0 saturated carbocycles. The number of benzene rings is 1. The van der Waals surface area contributed by atoms with Crippen molar-refractivity contribution in [3.05, 3.63) is 33.1 Å². The molecule has 1 aliphatic heterocycles. The molecule has 0 aliphatic carbocycles. The van der Waals surface area contributed by atoms with E-state index in [0.29, 0.717) is 15.0 Å². The molecule has 1 fully saturated rings. The zero-order valence-electron chi connectivity index (χ0n) is 8.82. The number of hydrogen-bond acceptors (Lipinski definition) is 4. The van der Waals surface area contributed by atoms with Crippen molar-refractivity contribution in [1.82, 2.24) is 5.32 Å². The number of carbonyl (C=O) groups excluding carboxylic acids is 1. The molecule has 1 aliphatic rings. The average Bonchev–Trinajstić information content (AvgIpc) is 2.58. The Hall–Kier alpha value is -0.850. The number of ether oxygens (including phenoxy) is 1. The summed E-state index contributed by atoms with van der Waals surface area (Å²) in [5.41, 5.74) is 0.837. The van der Waals surface area contributed by atoms with E-state index in [2.05, 4.69) is 21.2 Å². The monoisotopic (exact) mass is 329 g/mol. The molecule has 1 N–H and O–H groups in total. The van der Waals surface area contributed by atoms with E-state index in [4.69, 9.17) is 17.0 Å². The second-order valence-electron chi connectivity index (χ2n) is 3.24. The molecule has 0 radical (unpaired) electrons. The molecule has 0 atom stereocenters. The summed E-state index contributed by atoms with van der Waals surface area (Å²) in [5.74, 6) is 0.550. The van der Waals surface area contributed by atoms with E-state index < -0.39 is 0 Å². The third kappa shape index (κ3) is 2.88. The van der Waals surface area contributed by atoms with Gasteiger partial charge in [-0.25, -0.2) is 0 Å². The molecule has 0 bridgehead atoms. The summed E-state index contributed by atoms with van der Waals surface area (Å²) >= 11 is 9.56. The van der Waals surface area contributed by atoms with Crippen molar-refractivity contribution in [2.45, 2.75) is 0 Å². The van der Waals surface area contributed by atoms with Crippen LogP contribution in [-0.4, -0.2) is 17.3 Å². The van der Waals surface area contributed by atoms with Crippen molar-refractivity contribution in [3.63, 3.8) is 0 Å². The van der Waals surface area contributed by atoms with Crippen LogP contribution in [0.2, 0.25) is 0 Å². The van der Waals surface area contributed by atoms with Crippen LogP contribution in [0.5, 0.6) is 5.75 Å². The fraction of sp³-hybridized carbons (Fsp3) is 0.0909. The van der Waals surface area contributed by atoms with E-state index in [-0.39, 0.29) is 5.91 Å². The third-order valence-electron chi connectivity index (χ3n) is 2.12. The van der Waals surface area contributed by atoms with Crippen LogP contribution in [0.1, 0.15) is 5.56 Å². The van der Waals surface area contributed by atoms with E-state index >= 15 is 0 Å². The number of methoxy groups -OCH3 is 1. The van der Waals surface area contributed by atoms with Crippen molar-refractivity contribution in [2.75, 3.05) is 7.11 Å². The summed E-state index contributed by atoms with van der Waals surface area (Å²) in [6, 6.07) is 5.61. The van der Waals surface area contributed by atoms with Gasteiger partial charge in [-0.2, -0.15) is 0 Å². The molecule has 0 spiro atoms. The summed E-state index contributed by atoms with van der Waals surface area (Å²) in [6.45, 7) is 0. The minimum Gasteiger partial charge on any atom is -0.496 e. The largest absolute Gasteiger partial charge is 0.496 e. The molecule has 2 rings (SSSR count). The Morgan fingerprint density at radius 1 is 1.53 bits per heavy atom. The Morgan fingerprint density at radius 3 is 2.88 bits per heavy atom. The Bertz CT molecular complexity index is 528. The van der Waals surface area contributed by atoms with Gasteiger partial charge in [0.05, 0.1) is 12.0 Å². The zero-order chi connectivity index (χ0) is 12.4. The van der Waals surface area contributed by atoms with E-state index in [1.165, 1.54) is 11.8 Å². The first-order chi connectivity index (χ1) is 8.10. The van der Waals surface area contributed by atoms with Crippen LogP contribution in [0.4, 0.5) is 0 Å². The summed E-state index contributed by atoms with van der Waals surface area (Å²) in [4.78, 5) is 12.1. The maximum atomic E-state index is 11.5. The van der Waals surface area contributed by atoms with E-state index in [1.807, 2.05) is 18.2 Å². The molecule has 3 nitrogen and oxygen atoms in total. The summed E-state index contributed by atoms with van der Waals surface area (Å²) in [7, 11) is 1.59. The van der Waals surface area contributed by atoms with Crippen LogP contribution in [0, 0.1) is 0 Å². The second-order valence-corrected chi connectivity index (χ2v) is 5.87. The molecule has 6 heteroatoms. The lowest BCUT2D eigenvalue weighted by molar-refractivity contribution is -0.115. The van der Waals surface area contributed by atoms with Gasteiger partial charge in [0.2, 0.25) is 0 Å². The van der Waals surface area contributed by atoms with Gasteiger partial charge in [-0.3, -0.25) is 4.79 Å². The number of hydrogen-bond donors (Lipinski definition) is 1. The summed E-state index contributed by atoms with van der Waals surface area (Å²) in [5, 5.41) is 2.57. The smallest absolute Gasteiger partial charge is 0.263 e. The van der Waals surface area contributed by atoms with Gasteiger partial charge in [0.1, 0.15) is 10.1 Å². The summed E-state index contributed by atoms with van der Waals surface area (Å²) < 4.78 is 6.64. The van der Waals surface area contributed by atoms with Crippen LogP contribution in [-0.2, 0) is 4.79 Å². The normalized spacial score (nSPS) is 17.4. The first-order valence-electron chi connectivity index (χ1n) is 4.68. The SMILES string of the molecule is COc1ccc(Br)cc1/C=C1/SC(=S)NC1=O. The molecule has 88 valence electrons. The van der Waals surface area contributed by atoms with Crippen molar-refractivity contribution in [2.24, 2.45) is 0 Å². The van der Waals surface area contributed by atoms with Crippen LogP contribution in [0.25, 0.3) is 6.08 Å². The van der Waals surface area contributed by atoms with Gasteiger partial charge in [0.15, 0.2) is 0 Å². The third-order valence-corrected chi connectivity index (χ3v) is 3.78. The van der Waals surface area contributed by atoms with Gasteiger partial charge in [-0.1, -0.05) is 39.9 Å². The molecule has 1 aromatic rings. The highest BCUT2D eigenvalue weighted by Gasteiger charge is 2.22. The number of carbonyl (C=O) groups is 1. The molecule has 1 aromatic carbocycles. The number of amides is 1. The topological polar surface area (TPSA) is 38.3 Å². The number of rotatable bonds is 2. The van der Waals surface area contributed by atoms with Gasteiger partial charge >= 0.3 is 0 Å². The number of nitrogens with one attached hydrogen (secondary N) is 1. The van der Waals surface area contributed by atoms with Crippen molar-refractivity contribution >= 4 is 56.2 Å². The fourth-order valence-electron chi connectivity index (χ4n) is 1.38. The molecule has 17 heavy (non-hydrogen) atoms. The zero-order valence-corrected chi connectivity index (χ0v) is 12.0. The van der Waals surface area contributed by atoms with Crippen LogP contribution >= 0.6 is 39.9 Å². The highest BCUT2D eigenvalue weighted by Crippen LogP contribution is 2.30. The molecule has 1 saturated heterocycles. The van der Waals surface area contributed by atoms with E-state index in [9.17, 15) is 4.79 Å². The molecule has 1 amide bonds. The second kappa shape index (κ2) is 5.20. The maximum Gasteiger partial charge on any atom is 0.263 e. The highest BCUT2D eigenvalue weighted by molar-refractivity contribution is 9.10. The average molecular weight is 330 g/mol. The Labute approximate surface area is 117 Å². The molecule has 0 aromatic heterocycles. The van der Waals surface area contributed by atoms with Crippen molar-refractivity contribution < 1.29 is 9.53 Å². The quantitative estimate of drug-likeness (QED) is 0.668. The first kappa shape index (κ1) is 12.6. The van der Waals surface area contributed by atoms with Gasteiger partial charge in [-0.05, 0) is 24.3 Å². The molecular formula is C11H8BrNO2S2. The Kier molecular flexibility index (Phi) is 3.86. The van der Waals surface area contributed by atoms with E-state index in [1.54, 1.807) is 13.2 Å². The van der Waals surface area contributed by atoms with Crippen LogP contribution < -0.4 is 10.1 Å². The lowest BCUT2D eigenvalue weighted by Crippen LogP contribution is -2.17. The van der Waals surface area contributed by atoms with Crippen LogP contribution in [0.3, 0.4) is 0 Å². The van der Waals surface area contributed by atoms with Gasteiger partial charge in [-0.15, -0.1) is 0 Å². The fourth-order valence-corrected chi connectivity index (χ4v) is 2.79. The Balaban J connectivity index is 2.41. The van der Waals surface area contributed by atoms with Crippen LogP contribution in [0.15, 0.2) is 27.6 Å². The van der Waals surface area contributed by atoms with Crippen molar-refractivity contribution in [3.8, 4) is 5.75 Å². The number of thioether (sulfide) groups is 1. The predicted molar refractivity (Wildman–Crippen MR) is 77.0 cm³/mol. The van der Waals surface area contributed by atoms with Crippen molar-refractivity contribution in [1.29, 1.82) is 0 Å². The minimum absolute atomic E-state index is 0.165. The molecular weight excluding hydrogens is 322 g/mol. The van der Waals surface area contributed by atoms with Gasteiger partial charge < -0.3 is 10.1 Å². The summed E-state index contributed by atoms with van der Waals surface area (Å²) in [6.07, 6.45) is 1.77. The highest BCUT2D eigenvalue weighted by atomic mass is 79.9. The maximum absolute atomic E-state index is 11.5. The minimum atomic E-state index is -0.165. The van der Waals surface area contributed by atoms with Gasteiger partial charge in [0, 0.05) is 10.0 Å². The van der Waals surface area contributed by atoms with Gasteiger partial charge in [0.25, 0.3) is 5.91 Å². The number of thiocarbonyl (C=S) groups is 1.